The first kappa shape index (κ1) is 19.6. The number of rotatable bonds is 8. The first-order valence-electron chi connectivity index (χ1n) is 8.52. The SMILES string of the molecule is O=[PH+]CC(O)(C(=O)O)C(CSc1ccc2ccccc2c1)c1ccccc1. The Kier molecular flexibility index (Phi) is 6.27. The summed E-state index contributed by atoms with van der Waals surface area (Å²) in [6.45, 7) is 0. The number of benzene rings is 3. The average molecular weight is 399 g/mol. The quantitative estimate of drug-likeness (QED) is 0.429. The summed E-state index contributed by atoms with van der Waals surface area (Å²) in [4.78, 5) is 12.8. The zero-order valence-electron chi connectivity index (χ0n) is 14.5. The molecule has 0 aliphatic rings. The van der Waals surface area contributed by atoms with Crippen LogP contribution >= 0.6 is 20.2 Å². The van der Waals surface area contributed by atoms with Gasteiger partial charge in [0, 0.05) is 16.6 Å². The molecule has 2 N–H and O–H groups in total. The highest BCUT2D eigenvalue weighted by atomic mass is 32.2. The monoisotopic (exact) mass is 399 g/mol. The van der Waals surface area contributed by atoms with Crippen LogP contribution in [0, 0.1) is 0 Å². The third kappa shape index (κ3) is 4.38. The van der Waals surface area contributed by atoms with Gasteiger partial charge < -0.3 is 10.2 Å². The molecular weight excluding hydrogens is 379 g/mol. The van der Waals surface area contributed by atoms with E-state index < -0.39 is 25.9 Å². The molecule has 27 heavy (non-hydrogen) atoms. The summed E-state index contributed by atoms with van der Waals surface area (Å²) in [5.74, 6) is -1.68. The number of carbonyl (C=O) groups is 1. The van der Waals surface area contributed by atoms with E-state index in [0.717, 1.165) is 15.7 Å². The van der Waals surface area contributed by atoms with Crippen LogP contribution in [0.5, 0.6) is 0 Å². The molecule has 138 valence electrons. The molecule has 3 aromatic rings. The number of aliphatic carboxylic acids is 1. The van der Waals surface area contributed by atoms with Crippen LogP contribution in [0.15, 0.2) is 77.7 Å². The molecule has 0 amide bonds. The number of hydrogen-bond donors (Lipinski definition) is 2. The van der Waals surface area contributed by atoms with E-state index in [2.05, 4.69) is 6.07 Å². The first-order chi connectivity index (χ1) is 13.0. The number of thioether (sulfide) groups is 1. The van der Waals surface area contributed by atoms with Gasteiger partial charge in [-0.25, -0.2) is 4.79 Å². The fraction of sp³-hybridized carbons (Fsp3) is 0.190. The van der Waals surface area contributed by atoms with Crippen molar-refractivity contribution in [3.8, 4) is 0 Å². The smallest absolute Gasteiger partial charge is 0.340 e. The summed E-state index contributed by atoms with van der Waals surface area (Å²) < 4.78 is 11.2. The predicted molar refractivity (Wildman–Crippen MR) is 110 cm³/mol. The van der Waals surface area contributed by atoms with Crippen molar-refractivity contribution in [2.24, 2.45) is 0 Å². The third-order valence-electron chi connectivity index (χ3n) is 4.63. The lowest BCUT2D eigenvalue weighted by Gasteiger charge is -2.29. The van der Waals surface area contributed by atoms with Crippen molar-refractivity contribution in [3.05, 3.63) is 78.4 Å². The van der Waals surface area contributed by atoms with E-state index in [0.29, 0.717) is 11.3 Å². The molecule has 0 fully saturated rings. The number of hydrogen-bond acceptors (Lipinski definition) is 4. The van der Waals surface area contributed by atoms with Gasteiger partial charge in [0.15, 0.2) is 6.16 Å². The van der Waals surface area contributed by atoms with Crippen LogP contribution < -0.4 is 0 Å². The summed E-state index contributed by atoms with van der Waals surface area (Å²) in [7, 11) is -0.893. The normalized spacial score (nSPS) is 14.7. The molecule has 0 saturated heterocycles. The molecule has 3 rings (SSSR count). The van der Waals surface area contributed by atoms with Crippen LogP contribution in [0.25, 0.3) is 10.8 Å². The molecular formula is C21H20O4PS+. The summed E-state index contributed by atoms with van der Waals surface area (Å²) in [5, 5.41) is 22.7. The van der Waals surface area contributed by atoms with Crippen LogP contribution in [-0.2, 0) is 9.36 Å². The Morgan fingerprint density at radius 1 is 1.00 bits per heavy atom. The number of aliphatic hydroxyl groups is 1. The first-order valence-corrected chi connectivity index (χ1v) is 10.6. The second-order valence-corrected chi connectivity index (χ2v) is 8.07. The summed E-state index contributed by atoms with van der Waals surface area (Å²) in [6.07, 6.45) is -0.305. The van der Waals surface area contributed by atoms with Crippen molar-refractivity contribution >= 4 is 37.0 Å². The van der Waals surface area contributed by atoms with Gasteiger partial charge in [-0.3, -0.25) is 0 Å². The van der Waals surface area contributed by atoms with E-state index in [1.165, 1.54) is 11.8 Å². The predicted octanol–water partition coefficient (Wildman–Crippen LogP) is 4.56. The van der Waals surface area contributed by atoms with Crippen LogP contribution in [0.4, 0.5) is 0 Å². The van der Waals surface area contributed by atoms with E-state index in [9.17, 15) is 19.6 Å². The molecule has 4 nitrogen and oxygen atoms in total. The van der Waals surface area contributed by atoms with Crippen molar-refractivity contribution in [3.63, 3.8) is 0 Å². The van der Waals surface area contributed by atoms with Gasteiger partial charge in [-0.15, -0.1) is 11.8 Å². The molecule has 0 aliphatic heterocycles. The van der Waals surface area contributed by atoms with E-state index in [-0.39, 0.29) is 6.16 Å². The molecule has 0 saturated carbocycles. The van der Waals surface area contributed by atoms with Gasteiger partial charge >= 0.3 is 14.4 Å². The van der Waals surface area contributed by atoms with Gasteiger partial charge in [-0.1, -0.05) is 65.2 Å². The Morgan fingerprint density at radius 2 is 1.67 bits per heavy atom. The van der Waals surface area contributed by atoms with Gasteiger partial charge in [0.2, 0.25) is 5.60 Å². The minimum absolute atomic E-state index is 0.305. The van der Waals surface area contributed by atoms with Gasteiger partial charge in [-0.05, 0) is 28.5 Å². The summed E-state index contributed by atoms with van der Waals surface area (Å²) >= 11 is 1.49. The molecule has 0 heterocycles. The molecule has 0 radical (unpaired) electrons. The number of carboxylic acid groups (broad SMARTS) is 1. The highest BCUT2D eigenvalue weighted by Crippen LogP contribution is 2.37. The maximum Gasteiger partial charge on any atom is 0.340 e. The molecule has 0 aromatic heterocycles. The standard InChI is InChI=1S/C21H19O4PS/c22-20(23)21(24,14-26-25)19(16-7-2-1-3-8-16)13-27-18-11-10-15-6-4-5-9-17(15)12-18/h1-12,19,24H,13-14H2,(H,22,23)/p+1. The highest BCUT2D eigenvalue weighted by Gasteiger charge is 2.48. The van der Waals surface area contributed by atoms with E-state index in [4.69, 9.17) is 0 Å². The van der Waals surface area contributed by atoms with E-state index in [1.807, 2.05) is 54.6 Å². The van der Waals surface area contributed by atoms with Crippen molar-refractivity contribution in [2.75, 3.05) is 11.9 Å². The Hall–Kier alpha value is -2.20. The van der Waals surface area contributed by atoms with Gasteiger partial charge in [-0.2, -0.15) is 0 Å². The number of carboxylic acids is 1. The van der Waals surface area contributed by atoms with Crippen molar-refractivity contribution in [1.29, 1.82) is 0 Å². The van der Waals surface area contributed by atoms with Gasteiger partial charge in [0.05, 0.1) is 0 Å². The Balaban J connectivity index is 1.90. The zero-order chi connectivity index (χ0) is 19.3. The second kappa shape index (κ2) is 8.66. The Bertz CT molecular complexity index is 947. The topological polar surface area (TPSA) is 74.6 Å². The largest absolute Gasteiger partial charge is 0.479 e. The highest BCUT2D eigenvalue weighted by molar-refractivity contribution is 7.99. The number of fused-ring (bicyclic) bond motifs is 1. The summed E-state index contributed by atoms with van der Waals surface area (Å²) in [5.41, 5.74) is -1.36. The maximum absolute atomic E-state index is 11.8. The van der Waals surface area contributed by atoms with Crippen LogP contribution in [-0.4, -0.2) is 33.7 Å². The summed E-state index contributed by atoms with van der Waals surface area (Å²) in [6, 6.07) is 23.1. The van der Waals surface area contributed by atoms with Gasteiger partial charge in [0.1, 0.15) is 0 Å². The van der Waals surface area contributed by atoms with Crippen LogP contribution in [0.3, 0.4) is 0 Å². The molecule has 0 bridgehead atoms. The van der Waals surface area contributed by atoms with Crippen LogP contribution in [0.2, 0.25) is 0 Å². The molecule has 6 heteroatoms. The van der Waals surface area contributed by atoms with Crippen molar-refractivity contribution in [2.45, 2.75) is 16.4 Å². The molecule has 0 aliphatic carbocycles. The minimum Gasteiger partial charge on any atom is -0.479 e. The maximum atomic E-state index is 11.8. The van der Waals surface area contributed by atoms with Crippen molar-refractivity contribution < 1.29 is 19.6 Å². The lowest BCUT2D eigenvalue weighted by Crippen LogP contribution is -2.47. The Morgan fingerprint density at radius 3 is 2.33 bits per heavy atom. The molecule has 3 aromatic carbocycles. The van der Waals surface area contributed by atoms with E-state index in [1.54, 1.807) is 12.1 Å². The van der Waals surface area contributed by atoms with E-state index >= 15 is 0 Å². The van der Waals surface area contributed by atoms with Crippen LogP contribution in [0.1, 0.15) is 11.5 Å². The fourth-order valence-electron chi connectivity index (χ4n) is 3.09. The fourth-order valence-corrected chi connectivity index (χ4v) is 4.91. The van der Waals surface area contributed by atoms with Crippen molar-refractivity contribution in [1.82, 2.24) is 0 Å². The third-order valence-corrected chi connectivity index (χ3v) is 6.40. The minimum atomic E-state index is -2.08. The Labute approximate surface area is 163 Å². The zero-order valence-corrected chi connectivity index (χ0v) is 16.4. The molecule has 3 atom stereocenters. The lowest BCUT2D eigenvalue weighted by molar-refractivity contribution is -0.157. The average Bonchev–Trinajstić information content (AvgIpc) is 2.69. The molecule has 0 spiro atoms. The second-order valence-electron chi connectivity index (χ2n) is 6.33. The van der Waals surface area contributed by atoms with Gasteiger partial charge in [0.25, 0.3) is 0 Å². The molecule has 3 unspecified atom stereocenters. The lowest BCUT2D eigenvalue weighted by atomic mass is 9.84.